The molecule has 0 spiro atoms. The highest BCUT2D eigenvalue weighted by Gasteiger charge is 2.27. The molecule has 0 aromatic heterocycles. The molecule has 118 valence electrons. The Labute approximate surface area is 125 Å². The van der Waals surface area contributed by atoms with Crippen LogP contribution in [0.1, 0.15) is 66.7 Å². The highest BCUT2D eigenvalue weighted by atomic mass is 15.1. The quantitative estimate of drug-likeness (QED) is 0.593. The Balaban J connectivity index is 2.35. The van der Waals surface area contributed by atoms with Gasteiger partial charge in [-0.05, 0) is 63.1 Å². The van der Waals surface area contributed by atoms with Gasteiger partial charge in [-0.2, -0.15) is 0 Å². The fourth-order valence-corrected chi connectivity index (χ4v) is 3.12. The van der Waals surface area contributed by atoms with Crippen LogP contribution in [0.2, 0.25) is 0 Å². The smallest absolute Gasteiger partial charge is 0.0963 e. The number of hydrogen-bond donors (Lipinski definition) is 2. The lowest BCUT2D eigenvalue weighted by Gasteiger charge is -2.30. The molecule has 0 radical (unpaired) electrons. The van der Waals surface area contributed by atoms with Gasteiger partial charge >= 0.3 is 0 Å². The van der Waals surface area contributed by atoms with Crippen molar-refractivity contribution in [2.24, 2.45) is 22.5 Å². The molecule has 3 heteroatoms. The maximum absolute atomic E-state index is 7.61. The average Bonchev–Trinajstić information content (AvgIpc) is 2.53. The van der Waals surface area contributed by atoms with Crippen molar-refractivity contribution in [2.45, 2.75) is 66.7 Å². The molecule has 0 aromatic rings. The monoisotopic (exact) mass is 281 g/mol. The molecular weight excluding hydrogens is 246 g/mol. The van der Waals surface area contributed by atoms with Gasteiger partial charge in [-0.3, -0.25) is 5.41 Å². The lowest BCUT2D eigenvalue weighted by molar-refractivity contribution is 0.206. The summed E-state index contributed by atoms with van der Waals surface area (Å²) in [6.45, 7) is 14.9. The van der Waals surface area contributed by atoms with Crippen LogP contribution in [0, 0.1) is 22.2 Å². The van der Waals surface area contributed by atoms with Crippen LogP contribution in [-0.2, 0) is 0 Å². The number of nitrogens with two attached hydrogens (primary N) is 1. The van der Waals surface area contributed by atoms with Crippen molar-refractivity contribution in [1.29, 1.82) is 5.41 Å². The zero-order chi connectivity index (χ0) is 15.4. The molecule has 1 aliphatic rings. The Morgan fingerprint density at radius 1 is 1.15 bits per heavy atom. The predicted octanol–water partition coefficient (Wildman–Crippen LogP) is 3.88. The fraction of sp³-hybridized carbons (Fsp3) is 0.941. The molecule has 3 nitrogen and oxygen atoms in total. The number of amidine groups is 1. The van der Waals surface area contributed by atoms with E-state index in [1.807, 2.05) is 0 Å². The zero-order valence-corrected chi connectivity index (χ0v) is 14.3. The summed E-state index contributed by atoms with van der Waals surface area (Å²) in [5, 5.41) is 7.61. The van der Waals surface area contributed by atoms with E-state index in [-0.39, 0.29) is 5.41 Å². The summed E-state index contributed by atoms with van der Waals surface area (Å²) in [6, 6.07) is 0. The Morgan fingerprint density at radius 3 is 2.35 bits per heavy atom. The summed E-state index contributed by atoms with van der Waals surface area (Å²) < 4.78 is 0. The molecule has 0 amide bonds. The minimum absolute atomic E-state index is 0.139. The molecule has 1 unspecified atom stereocenters. The number of hydrogen-bond acceptors (Lipinski definition) is 2. The van der Waals surface area contributed by atoms with E-state index in [4.69, 9.17) is 11.1 Å². The van der Waals surface area contributed by atoms with Gasteiger partial charge in [0.15, 0.2) is 0 Å². The first kappa shape index (κ1) is 17.5. The Kier molecular flexibility index (Phi) is 6.06. The van der Waals surface area contributed by atoms with Crippen molar-refractivity contribution in [1.82, 2.24) is 4.90 Å². The largest absolute Gasteiger partial charge is 0.387 e. The van der Waals surface area contributed by atoms with E-state index in [0.717, 1.165) is 25.3 Å². The van der Waals surface area contributed by atoms with Crippen LogP contribution in [0.5, 0.6) is 0 Å². The molecule has 3 N–H and O–H groups in total. The van der Waals surface area contributed by atoms with Crippen molar-refractivity contribution in [3.63, 3.8) is 0 Å². The minimum atomic E-state index is -0.139. The fourth-order valence-electron chi connectivity index (χ4n) is 3.12. The van der Waals surface area contributed by atoms with Crippen LogP contribution < -0.4 is 5.73 Å². The summed E-state index contributed by atoms with van der Waals surface area (Å²) in [4.78, 5) is 2.61. The topological polar surface area (TPSA) is 53.1 Å². The van der Waals surface area contributed by atoms with Crippen LogP contribution in [0.4, 0.5) is 0 Å². The zero-order valence-electron chi connectivity index (χ0n) is 14.3. The van der Waals surface area contributed by atoms with Crippen molar-refractivity contribution in [3.05, 3.63) is 0 Å². The molecule has 0 bridgehead atoms. The lowest BCUT2D eigenvalue weighted by Crippen LogP contribution is -2.33. The van der Waals surface area contributed by atoms with Gasteiger partial charge in [0.25, 0.3) is 0 Å². The normalized spacial score (nSPS) is 22.6. The summed E-state index contributed by atoms with van der Waals surface area (Å²) in [7, 11) is 0. The summed E-state index contributed by atoms with van der Waals surface area (Å²) in [5.41, 5.74) is 5.96. The highest BCUT2D eigenvalue weighted by molar-refractivity contribution is 5.82. The average molecular weight is 281 g/mol. The van der Waals surface area contributed by atoms with Gasteiger partial charge in [0.05, 0.1) is 5.84 Å². The minimum Gasteiger partial charge on any atom is -0.387 e. The van der Waals surface area contributed by atoms with Crippen molar-refractivity contribution in [3.8, 4) is 0 Å². The van der Waals surface area contributed by atoms with Gasteiger partial charge in [0, 0.05) is 5.41 Å². The summed E-state index contributed by atoms with van der Waals surface area (Å²) in [6.07, 6.45) is 6.20. The van der Waals surface area contributed by atoms with Gasteiger partial charge < -0.3 is 10.6 Å². The van der Waals surface area contributed by atoms with E-state index in [1.165, 1.54) is 32.4 Å². The van der Waals surface area contributed by atoms with Crippen molar-refractivity contribution < 1.29 is 0 Å². The predicted molar refractivity (Wildman–Crippen MR) is 88.2 cm³/mol. The van der Waals surface area contributed by atoms with E-state index in [2.05, 4.69) is 39.5 Å². The molecule has 1 fully saturated rings. The lowest BCUT2D eigenvalue weighted by atomic mass is 9.77. The molecular formula is C17H35N3. The molecule has 0 aliphatic carbocycles. The summed E-state index contributed by atoms with van der Waals surface area (Å²) in [5.74, 6) is 1.18. The van der Waals surface area contributed by atoms with Crippen LogP contribution in [-0.4, -0.2) is 30.4 Å². The molecule has 1 saturated heterocycles. The highest BCUT2D eigenvalue weighted by Crippen LogP contribution is 2.34. The number of nitrogens with one attached hydrogen (secondary N) is 1. The number of nitrogens with zero attached hydrogens (tertiary/aromatic N) is 1. The van der Waals surface area contributed by atoms with Gasteiger partial charge in [0.1, 0.15) is 0 Å². The van der Waals surface area contributed by atoms with Gasteiger partial charge in [-0.1, -0.05) is 34.6 Å². The third-order valence-corrected chi connectivity index (χ3v) is 5.05. The first-order valence-corrected chi connectivity index (χ1v) is 8.20. The maximum Gasteiger partial charge on any atom is 0.0963 e. The van der Waals surface area contributed by atoms with E-state index in [1.54, 1.807) is 0 Å². The van der Waals surface area contributed by atoms with E-state index < -0.39 is 0 Å². The third kappa shape index (κ3) is 5.43. The summed E-state index contributed by atoms with van der Waals surface area (Å²) >= 11 is 0. The molecule has 0 aromatic carbocycles. The number of rotatable bonds is 5. The van der Waals surface area contributed by atoms with Gasteiger partial charge in [-0.15, -0.1) is 0 Å². The molecule has 1 heterocycles. The van der Waals surface area contributed by atoms with Crippen molar-refractivity contribution in [2.75, 3.05) is 19.6 Å². The van der Waals surface area contributed by atoms with Crippen LogP contribution in [0.25, 0.3) is 0 Å². The van der Waals surface area contributed by atoms with Crippen LogP contribution in [0.15, 0.2) is 0 Å². The molecule has 1 rings (SSSR count). The van der Waals surface area contributed by atoms with Gasteiger partial charge in [0.2, 0.25) is 0 Å². The second-order valence-corrected chi connectivity index (χ2v) is 8.24. The second kappa shape index (κ2) is 6.93. The Bertz CT molecular complexity index is 315. The third-order valence-electron chi connectivity index (χ3n) is 5.05. The van der Waals surface area contributed by atoms with E-state index in [9.17, 15) is 0 Å². The van der Waals surface area contributed by atoms with Crippen LogP contribution in [0.3, 0.4) is 0 Å². The first-order chi connectivity index (χ1) is 9.13. The standard InChI is InChI=1S/C17H35N3/c1-16(2,3)14-8-6-11-20(13-9-14)12-7-10-17(4,5)15(18)19/h14H,6-13H2,1-5H3,(H3,18,19). The maximum atomic E-state index is 7.61. The Hall–Kier alpha value is -0.570. The molecule has 1 aliphatic heterocycles. The Morgan fingerprint density at radius 2 is 1.80 bits per heavy atom. The molecule has 0 saturated carbocycles. The van der Waals surface area contributed by atoms with Crippen molar-refractivity contribution >= 4 is 5.84 Å². The number of likely N-dealkylation sites (tertiary alicyclic amines) is 1. The molecule has 1 atom stereocenters. The second-order valence-electron chi connectivity index (χ2n) is 8.24. The first-order valence-electron chi connectivity index (χ1n) is 8.20. The van der Waals surface area contributed by atoms with Crippen LogP contribution >= 0.6 is 0 Å². The van der Waals surface area contributed by atoms with Gasteiger partial charge in [-0.25, -0.2) is 0 Å². The SMILES string of the molecule is CC(C)(CCCN1CCCC(C(C)(C)C)CC1)C(=N)N. The van der Waals surface area contributed by atoms with E-state index in [0.29, 0.717) is 11.3 Å². The molecule has 20 heavy (non-hydrogen) atoms. The van der Waals surface area contributed by atoms with E-state index >= 15 is 0 Å².